The molecule has 52 valence electrons. The first-order valence-corrected chi connectivity index (χ1v) is 4.78. The first-order valence-electron chi connectivity index (χ1n) is 3.73. The largest absolute Gasteiger partial charge is 0.327 e. The molecule has 1 aliphatic carbocycles. The van der Waals surface area contributed by atoms with Gasteiger partial charge in [0.2, 0.25) is 0 Å². The molecule has 1 saturated heterocycles. The van der Waals surface area contributed by atoms with Gasteiger partial charge in [0.05, 0.1) is 0 Å². The van der Waals surface area contributed by atoms with E-state index < -0.39 is 0 Å². The molecule has 2 unspecified atom stereocenters. The van der Waals surface area contributed by atoms with Gasteiger partial charge in [-0.1, -0.05) is 0 Å². The average Bonchev–Trinajstić information content (AvgIpc) is 2.58. The van der Waals surface area contributed by atoms with Crippen molar-refractivity contribution in [2.45, 2.75) is 30.6 Å². The van der Waals surface area contributed by atoms with E-state index in [9.17, 15) is 0 Å². The maximum Gasteiger partial charge on any atom is 0.0141 e. The number of rotatable bonds is 1. The molecule has 1 aliphatic heterocycles. The van der Waals surface area contributed by atoms with Crippen molar-refractivity contribution in [1.29, 1.82) is 0 Å². The lowest BCUT2D eigenvalue weighted by molar-refractivity contribution is 0.638. The minimum absolute atomic E-state index is 0.514. The van der Waals surface area contributed by atoms with Crippen molar-refractivity contribution in [2.24, 2.45) is 11.7 Å². The summed E-state index contributed by atoms with van der Waals surface area (Å²) in [5.74, 6) is 2.27. The van der Waals surface area contributed by atoms with Crippen LogP contribution in [0.3, 0.4) is 0 Å². The molecule has 0 radical (unpaired) electrons. The number of nitrogens with two attached hydrogens (primary N) is 1. The highest BCUT2D eigenvalue weighted by atomic mass is 32.2. The zero-order valence-electron chi connectivity index (χ0n) is 5.55. The van der Waals surface area contributed by atoms with Crippen molar-refractivity contribution in [3.05, 3.63) is 0 Å². The van der Waals surface area contributed by atoms with Gasteiger partial charge in [-0.2, -0.15) is 11.8 Å². The molecule has 0 aromatic rings. The lowest BCUT2D eigenvalue weighted by Crippen LogP contribution is -2.19. The van der Waals surface area contributed by atoms with Gasteiger partial charge in [-0.05, 0) is 25.2 Å². The van der Waals surface area contributed by atoms with Crippen molar-refractivity contribution in [1.82, 2.24) is 0 Å². The van der Waals surface area contributed by atoms with Gasteiger partial charge >= 0.3 is 0 Å². The predicted octanol–water partition coefficient (Wildman–Crippen LogP) is 1.23. The molecule has 2 aliphatic rings. The van der Waals surface area contributed by atoms with E-state index in [0.29, 0.717) is 6.04 Å². The van der Waals surface area contributed by atoms with E-state index in [1.54, 1.807) is 0 Å². The molecular formula is C7H13NS. The molecule has 1 nitrogen and oxygen atoms in total. The maximum atomic E-state index is 5.77. The van der Waals surface area contributed by atoms with Crippen LogP contribution in [-0.4, -0.2) is 17.0 Å². The van der Waals surface area contributed by atoms with E-state index in [1.807, 2.05) is 0 Å². The monoisotopic (exact) mass is 143 g/mol. The van der Waals surface area contributed by atoms with E-state index in [2.05, 4.69) is 11.8 Å². The summed E-state index contributed by atoms with van der Waals surface area (Å²) >= 11 is 2.10. The van der Waals surface area contributed by atoms with E-state index in [0.717, 1.165) is 11.2 Å². The maximum absolute atomic E-state index is 5.77. The van der Waals surface area contributed by atoms with Crippen LogP contribution in [0.25, 0.3) is 0 Å². The number of hydrogen-bond donors (Lipinski definition) is 1. The van der Waals surface area contributed by atoms with Gasteiger partial charge in [0.25, 0.3) is 0 Å². The molecular weight excluding hydrogens is 130 g/mol. The Balaban J connectivity index is 1.86. The lowest BCUT2D eigenvalue weighted by atomic mass is 10.1. The van der Waals surface area contributed by atoms with Crippen molar-refractivity contribution < 1.29 is 0 Å². The second-order valence-corrected chi connectivity index (χ2v) is 4.48. The quantitative estimate of drug-likeness (QED) is 0.597. The summed E-state index contributed by atoms with van der Waals surface area (Å²) in [7, 11) is 0. The fraction of sp³-hybridized carbons (Fsp3) is 1.00. The minimum Gasteiger partial charge on any atom is -0.327 e. The van der Waals surface area contributed by atoms with Crippen molar-refractivity contribution in [3.8, 4) is 0 Å². The topological polar surface area (TPSA) is 26.0 Å². The smallest absolute Gasteiger partial charge is 0.0141 e. The van der Waals surface area contributed by atoms with Crippen LogP contribution >= 0.6 is 11.8 Å². The van der Waals surface area contributed by atoms with Gasteiger partial charge < -0.3 is 5.73 Å². The second-order valence-electron chi connectivity index (χ2n) is 3.20. The highest BCUT2D eigenvalue weighted by Crippen LogP contribution is 2.44. The normalized spacial score (nSPS) is 43.7. The summed E-state index contributed by atoms with van der Waals surface area (Å²) in [6.45, 7) is 0. The van der Waals surface area contributed by atoms with Gasteiger partial charge in [-0.25, -0.2) is 0 Å². The summed E-state index contributed by atoms with van der Waals surface area (Å²) in [4.78, 5) is 0. The molecule has 0 aromatic heterocycles. The van der Waals surface area contributed by atoms with Crippen LogP contribution in [0, 0.1) is 5.92 Å². The molecule has 1 heterocycles. The Bertz CT molecular complexity index is 111. The van der Waals surface area contributed by atoms with Crippen LogP contribution in [0.4, 0.5) is 0 Å². The Morgan fingerprint density at radius 3 is 2.56 bits per heavy atom. The van der Waals surface area contributed by atoms with Gasteiger partial charge in [0.15, 0.2) is 0 Å². The van der Waals surface area contributed by atoms with E-state index in [-0.39, 0.29) is 0 Å². The van der Waals surface area contributed by atoms with E-state index in [1.165, 1.54) is 25.0 Å². The minimum atomic E-state index is 0.514. The molecule has 0 bridgehead atoms. The first-order chi connectivity index (χ1) is 4.36. The van der Waals surface area contributed by atoms with Crippen LogP contribution in [0.2, 0.25) is 0 Å². The summed E-state index contributed by atoms with van der Waals surface area (Å²) in [6.07, 6.45) is 4.24. The van der Waals surface area contributed by atoms with Gasteiger partial charge in [0, 0.05) is 17.0 Å². The number of thioether (sulfide) groups is 1. The molecule has 9 heavy (non-hydrogen) atoms. The van der Waals surface area contributed by atoms with Gasteiger partial charge in [-0.3, -0.25) is 0 Å². The van der Waals surface area contributed by atoms with Crippen LogP contribution in [0.5, 0.6) is 0 Å². The van der Waals surface area contributed by atoms with Crippen molar-refractivity contribution >= 4 is 11.8 Å². The predicted molar refractivity (Wildman–Crippen MR) is 41.6 cm³/mol. The standard InChI is InChI=1S/C7H13NS/c8-6-3-7(9-4-6)5-1-2-5/h5-7H,1-4,8H2. The van der Waals surface area contributed by atoms with Crippen LogP contribution in [0.1, 0.15) is 19.3 Å². The molecule has 2 rings (SSSR count). The molecule has 2 heteroatoms. The van der Waals surface area contributed by atoms with Crippen molar-refractivity contribution in [2.75, 3.05) is 5.75 Å². The fourth-order valence-electron chi connectivity index (χ4n) is 1.48. The Morgan fingerprint density at radius 2 is 2.11 bits per heavy atom. The SMILES string of the molecule is NC1CSC(C2CC2)C1. The molecule has 1 saturated carbocycles. The summed E-state index contributed by atoms with van der Waals surface area (Å²) in [6, 6.07) is 0.514. The third-order valence-corrected chi connectivity index (χ3v) is 3.83. The summed E-state index contributed by atoms with van der Waals surface area (Å²) in [5.41, 5.74) is 5.77. The highest BCUT2D eigenvalue weighted by molar-refractivity contribution is 8.00. The van der Waals surface area contributed by atoms with Crippen LogP contribution in [-0.2, 0) is 0 Å². The van der Waals surface area contributed by atoms with Gasteiger partial charge in [-0.15, -0.1) is 0 Å². The van der Waals surface area contributed by atoms with Crippen LogP contribution < -0.4 is 5.73 Å². The Hall–Kier alpha value is 0.310. The molecule has 2 atom stereocenters. The van der Waals surface area contributed by atoms with E-state index in [4.69, 9.17) is 5.73 Å². The Kier molecular flexibility index (Phi) is 1.46. The average molecular weight is 143 g/mol. The molecule has 0 aromatic carbocycles. The highest BCUT2D eigenvalue weighted by Gasteiger charge is 2.35. The second kappa shape index (κ2) is 2.17. The Labute approximate surface area is 60.4 Å². The van der Waals surface area contributed by atoms with Gasteiger partial charge in [0.1, 0.15) is 0 Å². The summed E-state index contributed by atoms with van der Waals surface area (Å²) in [5, 5.41) is 0.944. The molecule has 2 N–H and O–H groups in total. The Morgan fingerprint density at radius 1 is 1.33 bits per heavy atom. The molecule has 0 amide bonds. The molecule has 0 spiro atoms. The molecule has 2 fully saturated rings. The number of hydrogen-bond acceptors (Lipinski definition) is 2. The zero-order valence-corrected chi connectivity index (χ0v) is 6.36. The summed E-state index contributed by atoms with van der Waals surface area (Å²) < 4.78 is 0. The van der Waals surface area contributed by atoms with E-state index >= 15 is 0 Å². The fourth-order valence-corrected chi connectivity index (χ4v) is 3.04. The third kappa shape index (κ3) is 1.24. The zero-order chi connectivity index (χ0) is 6.27. The first kappa shape index (κ1) is 6.05. The van der Waals surface area contributed by atoms with Crippen molar-refractivity contribution in [3.63, 3.8) is 0 Å². The van der Waals surface area contributed by atoms with Crippen LogP contribution in [0.15, 0.2) is 0 Å². The lowest BCUT2D eigenvalue weighted by Gasteiger charge is -2.03. The third-order valence-electron chi connectivity index (χ3n) is 2.21.